The number of aliphatic hydroxyl groups excluding tert-OH is 1. The summed E-state index contributed by atoms with van der Waals surface area (Å²) in [6, 6.07) is 0. The van der Waals surface area contributed by atoms with E-state index in [9.17, 15) is 14.7 Å². The van der Waals surface area contributed by atoms with E-state index in [1.54, 1.807) is 6.92 Å². The predicted octanol–water partition coefficient (Wildman–Crippen LogP) is 5.98. The molecule has 0 aromatic heterocycles. The number of ether oxygens (including phenoxy) is 2. The molecule has 200 valence electrons. The molecule has 4 saturated carbocycles. The molecule has 0 saturated heterocycles. The second kappa shape index (κ2) is 7.83. The highest BCUT2D eigenvalue weighted by molar-refractivity contribution is 5.94. The van der Waals surface area contributed by atoms with Gasteiger partial charge >= 0.3 is 11.9 Å². The minimum absolute atomic E-state index is 0.00749. The Morgan fingerprint density at radius 2 is 1.78 bits per heavy atom. The Balaban J connectivity index is 1.45. The van der Waals surface area contributed by atoms with Crippen LogP contribution in [0.5, 0.6) is 0 Å². The van der Waals surface area contributed by atoms with Crippen LogP contribution in [-0.2, 0) is 19.1 Å². The van der Waals surface area contributed by atoms with E-state index in [-0.39, 0.29) is 47.3 Å². The van der Waals surface area contributed by atoms with E-state index < -0.39 is 11.5 Å². The molecule has 6 aliphatic rings. The lowest BCUT2D eigenvalue weighted by Gasteiger charge is -2.69. The molecule has 0 bridgehead atoms. The molecule has 1 aliphatic heterocycles. The minimum Gasteiger partial charge on any atom is -0.461 e. The molecule has 0 radical (unpaired) electrons. The van der Waals surface area contributed by atoms with Gasteiger partial charge in [-0.3, -0.25) is 4.79 Å². The molecule has 36 heavy (non-hydrogen) atoms. The van der Waals surface area contributed by atoms with Gasteiger partial charge in [0.15, 0.2) is 0 Å². The monoisotopic (exact) mass is 498 g/mol. The average molecular weight is 499 g/mol. The zero-order chi connectivity index (χ0) is 25.8. The molecular formula is C31H46O5. The van der Waals surface area contributed by atoms with E-state index in [0.717, 1.165) is 42.2 Å². The fraction of sp³-hybridized carbons (Fsp3) is 0.871. The molecule has 5 nitrogen and oxygen atoms in total. The summed E-state index contributed by atoms with van der Waals surface area (Å²) in [5.74, 6) is 1.77. The number of rotatable bonds is 3. The standard InChI is InChI=1S/C31H46O5/c1-17-16-31(17)12-7-11-28(4)22(31)10-13-29(5)21-9-8-20-19(3)35-27(34)26(20)30(21,6)24(15-23(28)29)36-25(33)14-18(2)32/h17-19,21-24,32H,7-16H2,1-6H3. The van der Waals surface area contributed by atoms with Crippen molar-refractivity contribution < 1.29 is 24.2 Å². The number of hydrogen-bond donors (Lipinski definition) is 1. The van der Waals surface area contributed by atoms with Crippen LogP contribution < -0.4 is 0 Å². The Hall–Kier alpha value is -1.36. The Morgan fingerprint density at radius 1 is 1.08 bits per heavy atom. The Labute approximate surface area is 216 Å². The zero-order valence-electron chi connectivity index (χ0n) is 23.2. The molecule has 6 rings (SSSR count). The number of esters is 2. The van der Waals surface area contributed by atoms with Gasteiger partial charge in [-0.2, -0.15) is 0 Å². The molecule has 0 amide bonds. The normalized spacial score (nSPS) is 52.0. The van der Waals surface area contributed by atoms with E-state index in [2.05, 4.69) is 27.7 Å². The molecule has 0 aromatic rings. The Morgan fingerprint density at radius 3 is 2.44 bits per heavy atom. The second-order valence-corrected chi connectivity index (χ2v) is 14.4. The first kappa shape index (κ1) is 24.9. The third-order valence-corrected chi connectivity index (χ3v) is 12.8. The van der Waals surface area contributed by atoms with Gasteiger partial charge in [0.05, 0.1) is 12.5 Å². The fourth-order valence-corrected chi connectivity index (χ4v) is 11.3. The maximum absolute atomic E-state index is 13.3. The second-order valence-electron chi connectivity index (χ2n) is 14.4. The van der Waals surface area contributed by atoms with Crippen LogP contribution in [-0.4, -0.2) is 35.4 Å². The van der Waals surface area contributed by atoms with Crippen LogP contribution in [0.1, 0.15) is 106 Å². The summed E-state index contributed by atoms with van der Waals surface area (Å²) in [4.78, 5) is 26.3. The minimum atomic E-state index is -0.737. The number of hydrogen-bond acceptors (Lipinski definition) is 5. The number of fused-ring (bicyclic) bond motifs is 7. The highest BCUT2D eigenvalue weighted by Crippen LogP contribution is 2.78. The van der Waals surface area contributed by atoms with Crippen LogP contribution in [0.15, 0.2) is 11.1 Å². The van der Waals surface area contributed by atoms with Crippen molar-refractivity contribution in [1.29, 1.82) is 0 Å². The van der Waals surface area contributed by atoms with Gasteiger partial charge < -0.3 is 14.6 Å². The molecule has 11 unspecified atom stereocenters. The third kappa shape index (κ3) is 3.10. The van der Waals surface area contributed by atoms with Crippen molar-refractivity contribution in [2.24, 2.45) is 45.3 Å². The maximum atomic E-state index is 13.3. The molecule has 0 aromatic carbocycles. The van der Waals surface area contributed by atoms with Gasteiger partial charge in [-0.15, -0.1) is 0 Å². The molecule has 5 heteroatoms. The molecule has 11 atom stereocenters. The van der Waals surface area contributed by atoms with Crippen molar-refractivity contribution in [3.05, 3.63) is 11.1 Å². The van der Waals surface area contributed by atoms with E-state index in [0.29, 0.717) is 11.3 Å². The van der Waals surface area contributed by atoms with Crippen LogP contribution in [0.2, 0.25) is 0 Å². The van der Waals surface area contributed by atoms with Gasteiger partial charge in [0.2, 0.25) is 0 Å². The van der Waals surface area contributed by atoms with Crippen molar-refractivity contribution >= 4 is 11.9 Å². The summed E-state index contributed by atoms with van der Waals surface area (Å²) in [6.45, 7) is 13.4. The van der Waals surface area contributed by atoms with Gasteiger partial charge in [0.25, 0.3) is 0 Å². The first-order chi connectivity index (χ1) is 16.9. The fourth-order valence-electron chi connectivity index (χ4n) is 11.3. The first-order valence-corrected chi connectivity index (χ1v) is 14.7. The molecule has 4 fully saturated rings. The quantitative estimate of drug-likeness (QED) is 0.485. The molecule has 1 heterocycles. The van der Waals surface area contributed by atoms with Crippen LogP contribution in [0.4, 0.5) is 0 Å². The van der Waals surface area contributed by atoms with Crippen LogP contribution >= 0.6 is 0 Å². The molecule has 5 aliphatic carbocycles. The molecular weight excluding hydrogens is 452 g/mol. The van der Waals surface area contributed by atoms with E-state index in [1.165, 1.54) is 38.5 Å². The van der Waals surface area contributed by atoms with Crippen molar-refractivity contribution in [3.8, 4) is 0 Å². The van der Waals surface area contributed by atoms with E-state index in [4.69, 9.17) is 9.47 Å². The SMILES string of the molecule is CC(O)CC(=O)OC1CC2C3(C)CCCC4(CC4C)C3CCC2(C)C2CCC3=C(C(=O)OC3C)C12C. The van der Waals surface area contributed by atoms with Crippen molar-refractivity contribution in [1.82, 2.24) is 0 Å². The average Bonchev–Trinajstić information content (AvgIpc) is 3.30. The number of cyclic esters (lactones) is 1. The Bertz CT molecular complexity index is 1010. The molecule has 1 N–H and O–H groups in total. The number of carbonyl (C=O) groups excluding carboxylic acids is 2. The number of aliphatic hydroxyl groups is 1. The highest BCUT2D eigenvalue weighted by atomic mass is 16.6. The lowest BCUT2D eigenvalue weighted by atomic mass is 9.35. The smallest absolute Gasteiger partial charge is 0.335 e. The summed E-state index contributed by atoms with van der Waals surface area (Å²) in [6.07, 6.45) is 9.26. The van der Waals surface area contributed by atoms with Crippen molar-refractivity contribution in [2.75, 3.05) is 0 Å². The maximum Gasteiger partial charge on any atom is 0.335 e. The van der Waals surface area contributed by atoms with Crippen molar-refractivity contribution in [2.45, 2.75) is 124 Å². The predicted molar refractivity (Wildman–Crippen MR) is 137 cm³/mol. The highest BCUT2D eigenvalue weighted by Gasteiger charge is 2.72. The van der Waals surface area contributed by atoms with Crippen molar-refractivity contribution in [3.63, 3.8) is 0 Å². The Kier molecular flexibility index (Phi) is 5.43. The van der Waals surface area contributed by atoms with Gasteiger partial charge in [0.1, 0.15) is 12.2 Å². The van der Waals surface area contributed by atoms with Crippen LogP contribution in [0, 0.1) is 45.3 Å². The summed E-state index contributed by atoms with van der Waals surface area (Å²) in [5, 5.41) is 9.90. The van der Waals surface area contributed by atoms with Gasteiger partial charge in [-0.1, -0.05) is 34.1 Å². The topological polar surface area (TPSA) is 72.8 Å². The van der Waals surface area contributed by atoms with Crippen LogP contribution in [0.25, 0.3) is 0 Å². The van der Waals surface area contributed by atoms with Crippen LogP contribution in [0.3, 0.4) is 0 Å². The summed E-state index contributed by atoms with van der Waals surface area (Å²) >= 11 is 0. The number of carbonyl (C=O) groups is 2. The first-order valence-electron chi connectivity index (χ1n) is 14.7. The summed E-state index contributed by atoms with van der Waals surface area (Å²) in [7, 11) is 0. The van der Waals surface area contributed by atoms with E-state index in [1.807, 2.05) is 6.92 Å². The zero-order valence-corrected chi connectivity index (χ0v) is 23.2. The van der Waals surface area contributed by atoms with Gasteiger partial charge in [-0.25, -0.2) is 4.79 Å². The van der Waals surface area contributed by atoms with Gasteiger partial charge in [0, 0.05) is 11.0 Å². The third-order valence-electron chi connectivity index (χ3n) is 12.8. The van der Waals surface area contributed by atoms with E-state index >= 15 is 0 Å². The summed E-state index contributed by atoms with van der Waals surface area (Å²) < 4.78 is 12.1. The van der Waals surface area contributed by atoms with Gasteiger partial charge in [-0.05, 0) is 111 Å². The summed E-state index contributed by atoms with van der Waals surface area (Å²) in [5.41, 5.74) is 2.27. The lowest BCUT2D eigenvalue weighted by molar-refractivity contribution is -0.223. The lowest BCUT2D eigenvalue weighted by Crippen LogP contribution is -2.65. The largest absolute Gasteiger partial charge is 0.461 e. The molecule has 1 spiro atoms.